The van der Waals surface area contributed by atoms with Gasteiger partial charge in [-0.3, -0.25) is 14.5 Å². The van der Waals surface area contributed by atoms with Crippen molar-refractivity contribution in [3.63, 3.8) is 0 Å². The van der Waals surface area contributed by atoms with E-state index in [1.54, 1.807) is 18.2 Å². The Morgan fingerprint density at radius 3 is 2.55 bits per heavy atom. The van der Waals surface area contributed by atoms with Gasteiger partial charge in [-0.05, 0) is 66.6 Å². The number of ether oxygens (including phenoxy) is 2. The molecule has 9 heteroatoms. The van der Waals surface area contributed by atoms with Crippen LogP contribution in [0.15, 0.2) is 69.9 Å². The fraction of sp³-hybridized carbons (Fsp3) is 0.207. The van der Waals surface area contributed by atoms with E-state index in [-0.39, 0.29) is 33.8 Å². The third-order valence-corrected chi connectivity index (χ3v) is 6.46. The molecular weight excluding hydrogens is 493 g/mol. The molecule has 2 heterocycles. The molecule has 0 fully saturated rings. The first-order valence-electron chi connectivity index (χ1n) is 12.1. The van der Waals surface area contributed by atoms with E-state index in [4.69, 9.17) is 13.9 Å². The first-order valence-corrected chi connectivity index (χ1v) is 12.1. The summed E-state index contributed by atoms with van der Waals surface area (Å²) in [5, 5.41) is 10.1. The van der Waals surface area contributed by atoms with Crippen molar-refractivity contribution in [2.45, 2.75) is 25.8 Å². The number of hydrogen-bond acceptors (Lipinski definition) is 7. The number of methoxy groups -OCH3 is 1. The third kappa shape index (κ3) is 4.26. The van der Waals surface area contributed by atoms with Gasteiger partial charge >= 0.3 is 5.97 Å². The Morgan fingerprint density at radius 2 is 1.84 bits per heavy atom. The van der Waals surface area contributed by atoms with Crippen LogP contribution >= 0.6 is 0 Å². The fourth-order valence-electron chi connectivity index (χ4n) is 4.54. The van der Waals surface area contributed by atoms with E-state index in [0.717, 1.165) is 25.0 Å². The molecule has 0 radical (unpaired) electrons. The molecular formula is C29H24FNO7. The number of fused-ring (bicyclic) bond motifs is 2. The number of amides is 1. The van der Waals surface area contributed by atoms with E-state index in [0.29, 0.717) is 23.4 Å². The third-order valence-electron chi connectivity index (χ3n) is 6.46. The second kappa shape index (κ2) is 10.0. The summed E-state index contributed by atoms with van der Waals surface area (Å²) in [6.45, 7) is 2.30. The average Bonchev–Trinajstić information content (AvgIpc) is 3.22. The highest BCUT2D eigenvalue weighted by Crippen LogP contribution is 2.43. The number of aromatic hydroxyl groups is 1. The summed E-state index contributed by atoms with van der Waals surface area (Å²) in [5.41, 5.74) is 0.717. The lowest BCUT2D eigenvalue weighted by atomic mass is 9.97. The van der Waals surface area contributed by atoms with Crippen molar-refractivity contribution in [2.75, 3.05) is 18.6 Å². The van der Waals surface area contributed by atoms with Crippen LogP contribution < -0.4 is 15.1 Å². The van der Waals surface area contributed by atoms with Crippen molar-refractivity contribution in [2.24, 2.45) is 0 Å². The second-order valence-electron chi connectivity index (χ2n) is 8.86. The minimum atomic E-state index is -0.974. The van der Waals surface area contributed by atoms with E-state index >= 15 is 0 Å². The van der Waals surface area contributed by atoms with Gasteiger partial charge in [0.2, 0.25) is 5.76 Å². The summed E-state index contributed by atoms with van der Waals surface area (Å²) >= 11 is 0. The maximum Gasteiger partial charge on any atom is 0.338 e. The molecule has 8 nitrogen and oxygen atoms in total. The molecule has 3 aromatic carbocycles. The average molecular weight is 518 g/mol. The number of halogens is 1. The lowest BCUT2D eigenvalue weighted by Gasteiger charge is -2.25. The summed E-state index contributed by atoms with van der Waals surface area (Å²) in [6, 6.07) is 13.3. The molecule has 1 amide bonds. The van der Waals surface area contributed by atoms with E-state index in [2.05, 4.69) is 0 Å². The van der Waals surface area contributed by atoms with Gasteiger partial charge in [-0.25, -0.2) is 9.18 Å². The number of unbranched alkanes of at least 4 members (excludes halogenated alkanes) is 1. The highest BCUT2D eigenvalue weighted by molar-refractivity contribution is 6.10. The zero-order valence-corrected chi connectivity index (χ0v) is 20.7. The number of anilines is 1. The highest BCUT2D eigenvalue weighted by atomic mass is 19.1. The fourth-order valence-corrected chi connectivity index (χ4v) is 4.54. The van der Waals surface area contributed by atoms with Crippen LogP contribution in [0.5, 0.6) is 11.5 Å². The number of rotatable bonds is 7. The minimum absolute atomic E-state index is 0.000633. The smallest absolute Gasteiger partial charge is 0.338 e. The molecule has 1 unspecified atom stereocenters. The van der Waals surface area contributed by atoms with Crippen LogP contribution in [0.3, 0.4) is 0 Å². The number of esters is 1. The molecule has 0 aliphatic carbocycles. The van der Waals surface area contributed by atoms with Crippen LogP contribution in [-0.4, -0.2) is 30.7 Å². The maximum atomic E-state index is 14.0. The Morgan fingerprint density at radius 1 is 1.08 bits per heavy atom. The van der Waals surface area contributed by atoms with Gasteiger partial charge in [-0.2, -0.15) is 0 Å². The van der Waals surface area contributed by atoms with Gasteiger partial charge in [0.15, 0.2) is 16.9 Å². The molecule has 38 heavy (non-hydrogen) atoms. The van der Waals surface area contributed by atoms with Gasteiger partial charge in [0.05, 0.1) is 36.3 Å². The summed E-state index contributed by atoms with van der Waals surface area (Å²) in [7, 11) is 1.38. The van der Waals surface area contributed by atoms with Gasteiger partial charge in [0.25, 0.3) is 5.91 Å². The van der Waals surface area contributed by atoms with Gasteiger partial charge < -0.3 is 19.0 Å². The Labute approximate surface area is 216 Å². The number of carbonyl (C=O) groups is 2. The maximum absolute atomic E-state index is 14.0. The monoisotopic (exact) mass is 517 g/mol. The van der Waals surface area contributed by atoms with Crippen LogP contribution in [0.2, 0.25) is 0 Å². The minimum Gasteiger partial charge on any atom is -0.504 e. The molecule has 1 aliphatic rings. The molecule has 0 saturated carbocycles. The van der Waals surface area contributed by atoms with Crippen molar-refractivity contribution in [3.8, 4) is 11.5 Å². The Bertz CT molecular complexity index is 1610. The van der Waals surface area contributed by atoms with Crippen molar-refractivity contribution in [3.05, 3.63) is 99.2 Å². The molecule has 1 aromatic heterocycles. The van der Waals surface area contributed by atoms with E-state index in [9.17, 15) is 23.9 Å². The Kier molecular flexibility index (Phi) is 6.59. The Balaban J connectivity index is 1.65. The standard InChI is InChI=1S/C29H24FNO7/c1-3-4-13-37-29(35)16-5-9-19(10-6-16)31-25(17-7-11-21(32)23(14-17)36-2)24-26(33)20-15-18(30)8-12-22(20)38-27(24)28(31)34/h5-12,14-15,25,32H,3-4,13H2,1-2H3. The molecule has 1 N–H and O–H groups in total. The van der Waals surface area contributed by atoms with Crippen molar-refractivity contribution < 1.29 is 33.0 Å². The summed E-state index contributed by atoms with van der Waals surface area (Å²) in [4.78, 5) is 41.1. The molecule has 1 atom stereocenters. The zero-order valence-electron chi connectivity index (χ0n) is 20.7. The van der Waals surface area contributed by atoms with Crippen LogP contribution in [0.4, 0.5) is 10.1 Å². The quantitative estimate of drug-likeness (QED) is 0.260. The van der Waals surface area contributed by atoms with E-state index in [1.807, 2.05) is 6.92 Å². The predicted molar refractivity (Wildman–Crippen MR) is 137 cm³/mol. The number of benzene rings is 3. The highest BCUT2D eigenvalue weighted by Gasteiger charge is 2.44. The van der Waals surface area contributed by atoms with Crippen molar-refractivity contribution in [1.29, 1.82) is 0 Å². The number of carbonyl (C=O) groups excluding carboxylic acids is 2. The van der Waals surface area contributed by atoms with E-state index < -0.39 is 29.2 Å². The first-order chi connectivity index (χ1) is 18.3. The first kappa shape index (κ1) is 25.0. The van der Waals surface area contributed by atoms with Crippen molar-refractivity contribution in [1.82, 2.24) is 0 Å². The normalized spacial score (nSPS) is 14.6. The molecule has 5 rings (SSSR count). The predicted octanol–water partition coefficient (Wildman–Crippen LogP) is 5.35. The number of phenols is 1. The van der Waals surface area contributed by atoms with Crippen LogP contribution in [0.1, 0.15) is 57.8 Å². The number of phenolic OH excluding ortho intramolecular Hbond substituents is 1. The molecule has 1 aliphatic heterocycles. The lowest BCUT2D eigenvalue weighted by Crippen LogP contribution is -2.29. The summed E-state index contributed by atoms with van der Waals surface area (Å²) in [5.74, 6) is -1.83. The second-order valence-corrected chi connectivity index (χ2v) is 8.86. The summed E-state index contributed by atoms with van der Waals surface area (Å²) < 4.78 is 30.4. The largest absolute Gasteiger partial charge is 0.504 e. The number of nitrogens with zero attached hydrogens (tertiary/aromatic N) is 1. The molecule has 0 saturated heterocycles. The molecule has 0 bridgehead atoms. The zero-order chi connectivity index (χ0) is 27.0. The van der Waals surface area contributed by atoms with Gasteiger partial charge in [0, 0.05) is 5.69 Å². The Hall–Kier alpha value is -4.66. The lowest BCUT2D eigenvalue weighted by molar-refractivity contribution is 0.0499. The SMILES string of the molecule is CCCCOC(=O)c1ccc(N2C(=O)c3oc4ccc(F)cc4c(=O)c3C2c2ccc(O)c(OC)c2)cc1. The van der Waals surface area contributed by atoms with Gasteiger partial charge in [-0.15, -0.1) is 0 Å². The molecule has 0 spiro atoms. The van der Waals surface area contributed by atoms with E-state index in [1.165, 1.54) is 42.3 Å². The van der Waals surface area contributed by atoms with Crippen molar-refractivity contribution >= 4 is 28.5 Å². The van der Waals surface area contributed by atoms with Crippen LogP contribution in [0.25, 0.3) is 11.0 Å². The topological polar surface area (TPSA) is 106 Å². The molecule has 4 aromatic rings. The van der Waals surface area contributed by atoms with Gasteiger partial charge in [-0.1, -0.05) is 19.4 Å². The number of hydrogen-bond donors (Lipinski definition) is 1. The summed E-state index contributed by atoms with van der Waals surface area (Å²) in [6.07, 6.45) is 1.64. The van der Waals surface area contributed by atoms with Crippen LogP contribution in [0, 0.1) is 5.82 Å². The van der Waals surface area contributed by atoms with Gasteiger partial charge in [0.1, 0.15) is 11.4 Å². The van der Waals surface area contributed by atoms with Crippen LogP contribution in [-0.2, 0) is 4.74 Å². The molecule has 194 valence electrons.